The van der Waals surface area contributed by atoms with Crippen LogP contribution in [0.1, 0.15) is 19.8 Å². The van der Waals surface area contributed by atoms with Crippen molar-refractivity contribution in [3.63, 3.8) is 0 Å². The minimum atomic E-state index is -1.32. The van der Waals surface area contributed by atoms with Crippen molar-refractivity contribution in [2.75, 3.05) is 12.3 Å². The molecule has 0 aromatic heterocycles. The van der Waals surface area contributed by atoms with Crippen LogP contribution in [0, 0.1) is 0 Å². The second-order valence-electron chi connectivity index (χ2n) is 5.14. The summed E-state index contributed by atoms with van der Waals surface area (Å²) in [6.07, 6.45) is -0.684. The van der Waals surface area contributed by atoms with Crippen LogP contribution < -0.4 is 21.7 Å². The standard InChI is InChI=1S/C13H22N4O7S/c1-6(14)11(21)15-4-9(18)16-7(2-3-10(19)20)12(22)17-8(5-25)13(23)24/h6-8,25H,2-5,14H2,1H3,(H,15,21)(H,16,18)(H,17,22)(H,19,20)(H,23,24). The number of thiol groups is 1. The Bertz CT molecular complexity index is 527. The Balaban J connectivity index is 4.82. The number of amides is 3. The van der Waals surface area contributed by atoms with Gasteiger partial charge in [0.2, 0.25) is 17.7 Å². The second kappa shape index (κ2) is 11.3. The van der Waals surface area contributed by atoms with Crippen molar-refractivity contribution < 1.29 is 34.2 Å². The Morgan fingerprint density at radius 2 is 1.64 bits per heavy atom. The zero-order valence-corrected chi connectivity index (χ0v) is 14.4. The summed E-state index contributed by atoms with van der Waals surface area (Å²) in [5.74, 6) is -4.91. The molecule has 142 valence electrons. The van der Waals surface area contributed by atoms with E-state index in [1.165, 1.54) is 6.92 Å². The summed E-state index contributed by atoms with van der Waals surface area (Å²) < 4.78 is 0. The molecule has 3 unspecified atom stereocenters. The van der Waals surface area contributed by atoms with Crippen molar-refractivity contribution in [3.8, 4) is 0 Å². The number of carboxylic acids is 2. The number of hydrogen-bond donors (Lipinski definition) is 7. The SMILES string of the molecule is CC(N)C(=O)NCC(=O)NC(CCC(=O)O)C(=O)NC(CS)C(=O)O. The van der Waals surface area contributed by atoms with E-state index >= 15 is 0 Å². The van der Waals surface area contributed by atoms with Gasteiger partial charge in [-0.1, -0.05) is 0 Å². The predicted octanol–water partition coefficient (Wildman–Crippen LogP) is -2.70. The first-order chi connectivity index (χ1) is 11.6. The van der Waals surface area contributed by atoms with Crippen LogP contribution in [-0.2, 0) is 24.0 Å². The van der Waals surface area contributed by atoms with E-state index in [0.717, 1.165) is 0 Å². The molecule has 3 amide bonds. The highest BCUT2D eigenvalue weighted by Crippen LogP contribution is 2.00. The lowest BCUT2D eigenvalue weighted by molar-refractivity contribution is -0.142. The number of carboxylic acid groups (broad SMARTS) is 2. The highest BCUT2D eigenvalue weighted by Gasteiger charge is 2.26. The third-order valence-electron chi connectivity index (χ3n) is 2.93. The van der Waals surface area contributed by atoms with E-state index in [2.05, 4.69) is 28.6 Å². The van der Waals surface area contributed by atoms with Crippen molar-refractivity contribution in [2.24, 2.45) is 5.73 Å². The van der Waals surface area contributed by atoms with Crippen LogP contribution in [0.3, 0.4) is 0 Å². The number of carbonyl (C=O) groups is 5. The largest absolute Gasteiger partial charge is 0.481 e. The molecule has 0 radical (unpaired) electrons. The summed E-state index contributed by atoms with van der Waals surface area (Å²) in [5, 5.41) is 24.2. The van der Waals surface area contributed by atoms with Gasteiger partial charge < -0.3 is 31.9 Å². The van der Waals surface area contributed by atoms with Gasteiger partial charge in [-0.05, 0) is 13.3 Å². The number of rotatable bonds is 11. The van der Waals surface area contributed by atoms with E-state index in [4.69, 9.17) is 15.9 Å². The highest BCUT2D eigenvalue weighted by atomic mass is 32.1. The Morgan fingerprint density at radius 3 is 2.08 bits per heavy atom. The number of aliphatic carboxylic acids is 2. The molecule has 0 aliphatic rings. The molecule has 0 saturated carbocycles. The van der Waals surface area contributed by atoms with Crippen molar-refractivity contribution in [1.29, 1.82) is 0 Å². The van der Waals surface area contributed by atoms with E-state index in [-0.39, 0.29) is 12.2 Å². The number of nitrogens with two attached hydrogens (primary N) is 1. The van der Waals surface area contributed by atoms with Gasteiger partial charge in [-0.2, -0.15) is 12.6 Å². The Kier molecular flexibility index (Phi) is 10.2. The van der Waals surface area contributed by atoms with E-state index in [0.29, 0.717) is 0 Å². The third kappa shape index (κ3) is 9.52. The maximum absolute atomic E-state index is 12.1. The molecule has 7 N–H and O–H groups in total. The zero-order chi connectivity index (χ0) is 19.6. The van der Waals surface area contributed by atoms with Crippen LogP contribution in [0.25, 0.3) is 0 Å². The Morgan fingerprint density at radius 1 is 1.04 bits per heavy atom. The molecular weight excluding hydrogens is 356 g/mol. The summed E-state index contributed by atoms with van der Waals surface area (Å²) in [7, 11) is 0. The van der Waals surface area contributed by atoms with Gasteiger partial charge in [0.25, 0.3) is 0 Å². The molecular formula is C13H22N4O7S. The quantitative estimate of drug-likeness (QED) is 0.189. The number of nitrogens with one attached hydrogen (secondary N) is 3. The molecule has 0 aliphatic heterocycles. The van der Waals surface area contributed by atoms with Crippen LogP contribution in [-0.4, -0.2) is 70.3 Å². The fourth-order valence-electron chi connectivity index (χ4n) is 1.57. The molecule has 0 fully saturated rings. The zero-order valence-electron chi connectivity index (χ0n) is 13.5. The van der Waals surface area contributed by atoms with Gasteiger partial charge in [0.15, 0.2) is 0 Å². The monoisotopic (exact) mass is 378 g/mol. The first-order valence-electron chi connectivity index (χ1n) is 7.27. The van der Waals surface area contributed by atoms with Gasteiger partial charge in [-0.15, -0.1) is 0 Å². The molecule has 11 nitrogen and oxygen atoms in total. The normalized spacial score (nSPS) is 13.9. The topological polar surface area (TPSA) is 188 Å². The van der Waals surface area contributed by atoms with Gasteiger partial charge in [-0.25, -0.2) is 4.79 Å². The van der Waals surface area contributed by atoms with E-state index < -0.39 is 60.8 Å². The van der Waals surface area contributed by atoms with Gasteiger partial charge in [0.1, 0.15) is 12.1 Å². The van der Waals surface area contributed by atoms with Crippen molar-refractivity contribution >= 4 is 42.3 Å². The van der Waals surface area contributed by atoms with Crippen molar-refractivity contribution in [3.05, 3.63) is 0 Å². The fourth-order valence-corrected chi connectivity index (χ4v) is 1.82. The number of carbonyl (C=O) groups excluding carboxylic acids is 3. The molecule has 12 heteroatoms. The van der Waals surface area contributed by atoms with Crippen molar-refractivity contribution in [1.82, 2.24) is 16.0 Å². The summed E-state index contributed by atoms with van der Waals surface area (Å²) >= 11 is 3.79. The van der Waals surface area contributed by atoms with Crippen LogP contribution in [0.5, 0.6) is 0 Å². The summed E-state index contributed by atoms with van der Waals surface area (Å²) in [6, 6.07) is -3.40. The maximum Gasteiger partial charge on any atom is 0.327 e. The molecule has 0 rings (SSSR count). The highest BCUT2D eigenvalue weighted by molar-refractivity contribution is 7.80. The lowest BCUT2D eigenvalue weighted by Gasteiger charge is -2.20. The maximum atomic E-state index is 12.1. The van der Waals surface area contributed by atoms with Gasteiger partial charge in [-0.3, -0.25) is 19.2 Å². The van der Waals surface area contributed by atoms with E-state index in [9.17, 15) is 24.0 Å². The van der Waals surface area contributed by atoms with Crippen molar-refractivity contribution in [2.45, 2.75) is 37.9 Å². The lowest BCUT2D eigenvalue weighted by Crippen LogP contribution is -2.54. The lowest BCUT2D eigenvalue weighted by atomic mass is 10.1. The summed E-state index contributed by atoms with van der Waals surface area (Å²) in [4.78, 5) is 56.8. The first-order valence-corrected chi connectivity index (χ1v) is 7.90. The van der Waals surface area contributed by atoms with Gasteiger partial charge in [0.05, 0.1) is 12.6 Å². The van der Waals surface area contributed by atoms with E-state index in [1.54, 1.807) is 0 Å². The molecule has 0 aromatic rings. The molecule has 0 aliphatic carbocycles. The molecule has 0 saturated heterocycles. The van der Waals surface area contributed by atoms with Gasteiger partial charge in [0, 0.05) is 12.2 Å². The Labute approximate surface area is 149 Å². The molecule has 25 heavy (non-hydrogen) atoms. The van der Waals surface area contributed by atoms with Crippen LogP contribution in [0.4, 0.5) is 0 Å². The smallest absolute Gasteiger partial charge is 0.327 e. The first kappa shape index (κ1) is 22.7. The van der Waals surface area contributed by atoms with Gasteiger partial charge >= 0.3 is 11.9 Å². The molecule has 0 spiro atoms. The Hall–Kier alpha value is -2.34. The molecule has 0 aromatic carbocycles. The molecule has 3 atom stereocenters. The predicted molar refractivity (Wildman–Crippen MR) is 88.9 cm³/mol. The molecule has 0 heterocycles. The second-order valence-corrected chi connectivity index (χ2v) is 5.51. The summed E-state index contributed by atoms with van der Waals surface area (Å²) in [6.45, 7) is 0.950. The average Bonchev–Trinajstić information content (AvgIpc) is 2.52. The van der Waals surface area contributed by atoms with Crippen LogP contribution in [0.15, 0.2) is 0 Å². The fraction of sp³-hybridized carbons (Fsp3) is 0.615. The number of hydrogen-bond acceptors (Lipinski definition) is 7. The average molecular weight is 378 g/mol. The molecule has 0 bridgehead atoms. The summed E-state index contributed by atoms with van der Waals surface area (Å²) in [5.41, 5.74) is 5.32. The van der Waals surface area contributed by atoms with Crippen LogP contribution in [0.2, 0.25) is 0 Å². The minimum Gasteiger partial charge on any atom is -0.481 e. The van der Waals surface area contributed by atoms with E-state index in [1.807, 2.05) is 0 Å². The minimum absolute atomic E-state index is 0.189. The third-order valence-corrected chi connectivity index (χ3v) is 3.30. The van der Waals surface area contributed by atoms with Crippen LogP contribution >= 0.6 is 12.6 Å².